The van der Waals surface area contributed by atoms with Gasteiger partial charge in [0, 0.05) is 18.5 Å². The first-order valence-corrected chi connectivity index (χ1v) is 6.61. The molecule has 1 aromatic heterocycles. The summed E-state index contributed by atoms with van der Waals surface area (Å²) in [4.78, 5) is 25.5. The molecule has 0 saturated heterocycles. The van der Waals surface area contributed by atoms with Crippen LogP contribution in [0.25, 0.3) is 0 Å². The topological polar surface area (TPSA) is 75.4 Å². The van der Waals surface area contributed by atoms with Crippen molar-refractivity contribution < 1.29 is 14.1 Å². The number of nitrogens with zero attached hydrogens (tertiary/aromatic N) is 2. The summed E-state index contributed by atoms with van der Waals surface area (Å²) in [6.07, 6.45) is 2.95. The van der Waals surface area contributed by atoms with Crippen LogP contribution in [-0.2, 0) is 9.59 Å². The van der Waals surface area contributed by atoms with Gasteiger partial charge in [-0.05, 0) is 19.8 Å². The van der Waals surface area contributed by atoms with Crippen LogP contribution >= 0.6 is 0 Å². The summed E-state index contributed by atoms with van der Waals surface area (Å²) < 4.78 is 4.62. The third-order valence-corrected chi connectivity index (χ3v) is 3.07. The average molecular weight is 267 g/mol. The zero-order chi connectivity index (χ0) is 14.3. The first kappa shape index (κ1) is 15.2. The van der Waals surface area contributed by atoms with Gasteiger partial charge in [-0.25, -0.2) is 0 Å². The standard InChI is InChI=1S/C13H21N3O3/c1-4-10(5-2)13(18)16(6-3)9-12(17)14-11-7-8-19-15-11/h7-8,10H,4-6,9H2,1-3H3,(H,14,15,17). The summed E-state index contributed by atoms with van der Waals surface area (Å²) in [5, 5.41) is 6.17. The minimum atomic E-state index is -0.268. The van der Waals surface area contributed by atoms with Crippen LogP contribution in [0.1, 0.15) is 33.6 Å². The third kappa shape index (κ3) is 4.39. The van der Waals surface area contributed by atoms with E-state index >= 15 is 0 Å². The molecule has 1 rings (SSSR count). The highest BCUT2D eigenvalue weighted by Gasteiger charge is 2.22. The van der Waals surface area contributed by atoms with Crippen LogP contribution < -0.4 is 5.32 Å². The highest BCUT2D eigenvalue weighted by molar-refractivity contribution is 5.94. The molecular weight excluding hydrogens is 246 g/mol. The van der Waals surface area contributed by atoms with E-state index in [1.54, 1.807) is 11.0 Å². The number of anilines is 1. The van der Waals surface area contributed by atoms with E-state index in [1.807, 2.05) is 20.8 Å². The third-order valence-electron chi connectivity index (χ3n) is 3.07. The average Bonchev–Trinajstić information content (AvgIpc) is 2.90. The number of hydrogen-bond donors (Lipinski definition) is 1. The van der Waals surface area contributed by atoms with Crippen LogP contribution in [0.15, 0.2) is 16.9 Å². The van der Waals surface area contributed by atoms with Gasteiger partial charge in [0.25, 0.3) is 0 Å². The molecule has 6 heteroatoms. The van der Waals surface area contributed by atoms with Gasteiger partial charge in [0.1, 0.15) is 6.26 Å². The van der Waals surface area contributed by atoms with Crippen molar-refractivity contribution in [1.29, 1.82) is 0 Å². The second-order valence-electron chi connectivity index (χ2n) is 4.30. The van der Waals surface area contributed by atoms with E-state index in [0.717, 1.165) is 12.8 Å². The number of likely N-dealkylation sites (N-methyl/N-ethyl adjacent to an activating group) is 1. The van der Waals surface area contributed by atoms with E-state index < -0.39 is 0 Å². The van der Waals surface area contributed by atoms with Gasteiger partial charge in [-0.15, -0.1) is 0 Å². The van der Waals surface area contributed by atoms with Crippen LogP contribution in [0.3, 0.4) is 0 Å². The van der Waals surface area contributed by atoms with E-state index in [0.29, 0.717) is 12.4 Å². The largest absolute Gasteiger partial charge is 0.363 e. The Labute approximate surface area is 113 Å². The maximum atomic E-state index is 12.2. The Hall–Kier alpha value is -1.85. The zero-order valence-electron chi connectivity index (χ0n) is 11.7. The predicted molar refractivity (Wildman–Crippen MR) is 71.5 cm³/mol. The lowest BCUT2D eigenvalue weighted by Crippen LogP contribution is -2.41. The molecule has 0 spiro atoms. The molecule has 1 N–H and O–H groups in total. The van der Waals surface area contributed by atoms with Gasteiger partial charge in [0.15, 0.2) is 5.82 Å². The lowest BCUT2D eigenvalue weighted by molar-refractivity contribution is -0.138. The van der Waals surface area contributed by atoms with E-state index in [4.69, 9.17) is 0 Å². The van der Waals surface area contributed by atoms with Gasteiger partial charge in [-0.3, -0.25) is 9.59 Å². The molecule has 1 heterocycles. The second-order valence-corrected chi connectivity index (χ2v) is 4.30. The fourth-order valence-electron chi connectivity index (χ4n) is 1.87. The molecule has 1 aromatic rings. The lowest BCUT2D eigenvalue weighted by Gasteiger charge is -2.24. The molecule has 0 unspecified atom stereocenters. The molecule has 0 aromatic carbocycles. The molecular formula is C13H21N3O3. The number of carbonyl (C=O) groups excluding carboxylic acids is 2. The van der Waals surface area contributed by atoms with Gasteiger partial charge in [-0.1, -0.05) is 19.0 Å². The Kier molecular flexibility index (Phi) is 6.05. The van der Waals surface area contributed by atoms with Crippen molar-refractivity contribution >= 4 is 17.6 Å². The molecule has 2 amide bonds. The SMILES string of the molecule is CCC(CC)C(=O)N(CC)CC(=O)Nc1ccon1. The number of hydrogen-bond acceptors (Lipinski definition) is 4. The van der Waals surface area contributed by atoms with E-state index in [9.17, 15) is 9.59 Å². The predicted octanol–water partition coefficient (Wildman–Crippen LogP) is 1.90. The van der Waals surface area contributed by atoms with Crippen molar-refractivity contribution in [1.82, 2.24) is 10.1 Å². The number of carbonyl (C=O) groups is 2. The number of aromatic nitrogens is 1. The highest BCUT2D eigenvalue weighted by atomic mass is 16.5. The molecule has 0 bridgehead atoms. The van der Waals surface area contributed by atoms with Crippen LogP contribution in [0.2, 0.25) is 0 Å². The van der Waals surface area contributed by atoms with E-state index in [2.05, 4.69) is 15.0 Å². The van der Waals surface area contributed by atoms with Gasteiger partial charge in [-0.2, -0.15) is 0 Å². The molecule has 19 heavy (non-hydrogen) atoms. The van der Waals surface area contributed by atoms with Gasteiger partial charge in [0.2, 0.25) is 11.8 Å². The Balaban J connectivity index is 2.56. The summed E-state index contributed by atoms with van der Waals surface area (Å²) in [6, 6.07) is 1.55. The van der Waals surface area contributed by atoms with Gasteiger partial charge < -0.3 is 14.7 Å². The Morgan fingerprint density at radius 2 is 2.05 bits per heavy atom. The van der Waals surface area contributed by atoms with Crippen molar-refractivity contribution in [2.75, 3.05) is 18.4 Å². The van der Waals surface area contributed by atoms with Gasteiger partial charge in [0.05, 0.1) is 6.54 Å². The second kappa shape index (κ2) is 7.56. The maximum absolute atomic E-state index is 12.2. The molecule has 0 radical (unpaired) electrons. The molecule has 0 aliphatic carbocycles. The Morgan fingerprint density at radius 1 is 1.37 bits per heavy atom. The van der Waals surface area contributed by atoms with Crippen molar-refractivity contribution in [2.24, 2.45) is 5.92 Å². The fourth-order valence-corrected chi connectivity index (χ4v) is 1.87. The Morgan fingerprint density at radius 3 is 2.53 bits per heavy atom. The normalized spacial score (nSPS) is 10.5. The van der Waals surface area contributed by atoms with E-state index in [1.165, 1.54) is 6.26 Å². The smallest absolute Gasteiger partial charge is 0.245 e. The summed E-state index contributed by atoms with van der Waals surface area (Å²) >= 11 is 0. The van der Waals surface area contributed by atoms with Crippen molar-refractivity contribution in [3.63, 3.8) is 0 Å². The first-order valence-electron chi connectivity index (χ1n) is 6.61. The quantitative estimate of drug-likeness (QED) is 0.818. The van der Waals surface area contributed by atoms with Crippen molar-refractivity contribution in [3.05, 3.63) is 12.3 Å². The van der Waals surface area contributed by atoms with E-state index in [-0.39, 0.29) is 24.3 Å². The molecule has 0 fully saturated rings. The highest BCUT2D eigenvalue weighted by Crippen LogP contribution is 2.12. The van der Waals surface area contributed by atoms with Crippen LogP contribution in [0.4, 0.5) is 5.82 Å². The molecule has 106 valence electrons. The summed E-state index contributed by atoms with van der Waals surface area (Å²) in [5.74, 6) is 0.105. The number of nitrogens with one attached hydrogen (secondary N) is 1. The first-order chi connectivity index (χ1) is 9.12. The van der Waals surface area contributed by atoms with Crippen LogP contribution in [-0.4, -0.2) is 35.0 Å². The van der Waals surface area contributed by atoms with Crippen molar-refractivity contribution in [3.8, 4) is 0 Å². The maximum Gasteiger partial charge on any atom is 0.245 e. The molecule has 0 saturated carbocycles. The van der Waals surface area contributed by atoms with Gasteiger partial charge >= 0.3 is 0 Å². The molecule has 0 aliphatic rings. The minimum absolute atomic E-state index is 0.0141. The van der Waals surface area contributed by atoms with Crippen LogP contribution in [0.5, 0.6) is 0 Å². The van der Waals surface area contributed by atoms with Crippen molar-refractivity contribution in [2.45, 2.75) is 33.6 Å². The molecule has 6 nitrogen and oxygen atoms in total. The number of amides is 2. The number of rotatable bonds is 7. The minimum Gasteiger partial charge on any atom is -0.363 e. The zero-order valence-corrected chi connectivity index (χ0v) is 11.7. The molecule has 0 atom stereocenters. The summed E-state index contributed by atoms with van der Waals surface area (Å²) in [7, 11) is 0. The summed E-state index contributed by atoms with van der Waals surface area (Å²) in [6.45, 7) is 6.38. The lowest BCUT2D eigenvalue weighted by atomic mass is 10.0. The monoisotopic (exact) mass is 267 g/mol. The molecule has 0 aliphatic heterocycles. The summed E-state index contributed by atoms with van der Waals surface area (Å²) in [5.41, 5.74) is 0. The Bertz CT molecular complexity index is 399. The fraction of sp³-hybridized carbons (Fsp3) is 0.615. The van der Waals surface area contributed by atoms with Crippen LogP contribution in [0, 0.1) is 5.92 Å².